The maximum absolute atomic E-state index is 12.2. The van der Waals surface area contributed by atoms with Gasteiger partial charge in [-0.2, -0.15) is 0 Å². The highest BCUT2D eigenvalue weighted by Crippen LogP contribution is 2.07. The zero-order valence-electron chi connectivity index (χ0n) is 10.4. The van der Waals surface area contributed by atoms with Gasteiger partial charge in [-0.15, -0.1) is 0 Å². The zero-order chi connectivity index (χ0) is 13.1. The molecule has 0 aromatic carbocycles. The van der Waals surface area contributed by atoms with Crippen LogP contribution in [0.15, 0.2) is 31.0 Å². The lowest BCUT2D eigenvalue weighted by molar-refractivity contribution is 0.0605. The van der Waals surface area contributed by atoms with Crippen LogP contribution in [0, 0.1) is 0 Å². The normalized spacial score (nSPS) is 15.5. The first kappa shape index (κ1) is 11.8. The van der Waals surface area contributed by atoms with E-state index in [9.17, 15) is 4.79 Å². The molecule has 3 rings (SSSR count). The second-order valence-corrected chi connectivity index (χ2v) is 4.29. The fraction of sp³-hybridized carbons (Fsp3) is 0.333. The first-order chi connectivity index (χ1) is 9.34. The van der Waals surface area contributed by atoms with Crippen molar-refractivity contribution in [3.63, 3.8) is 0 Å². The average Bonchev–Trinajstić information content (AvgIpc) is 2.98. The molecule has 98 valence electrons. The zero-order valence-corrected chi connectivity index (χ0v) is 10.4. The van der Waals surface area contributed by atoms with E-state index in [4.69, 9.17) is 0 Å². The van der Waals surface area contributed by atoms with E-state index in [1.54, 1.807) is 40.6 Å². The lowest BCUT2D eigenvalue weighted by Crippen LogP contribution is -2.47. The third-order valence-electron chi connectivity index (χ3n) is 2.94. The van der Waals surface area contributed by atoms with Crippen LogP contribution >= 0.6 is 0 Å². The summed E-state index contributed by atoms with van der Waals surface area (Å²) in [4.78, 5) is 24.5. The number of aromatic nitrogens is 4. The average molecular weight is 258 g/mol. The number of carbonyl (C=O) groups is 1. The molecule has 7 heteroatoms. The lowest BCUT2D eigenvalue weighted by Gasteiger charge is -2.26. The van der Waals surface area contributed by atoms with Gasteiger partial charge in [0.1, 0.15) is 12.0 Å². The van der Waals surface area contributed by atoms with Crippen molar-refractivity contribution in [3.05, 3.63) is 36.7 Å². The molecule has 1 amide bonds. The third-order valence-corrected chi connectivity index (χ3v) is 2.94. The van der Waals surface area contributed by atoms with Gasteiger partial charge in [0.05, 0.1) is 0 Å². The molecular formula is C12H14N6O. The number of nitrogens with one attached hydrogen (secondary N) is 1. The van der Waals surface area contributed by atoms with E-state index >= 15 is 0 Å². The molecule has 1 fully saturated rings. The Balaban J connectivity index is 1.79. The van der Waals surface area contributed by atoms with Gasteiger partial charge in [0, 0.05) is 31.7 Å². The minimum absolute atomic E-state index is 0.116. The van der Waals surface area contributed by atoms with E-state index in [0.29, 0.717) is 18.2 Å². The van der Waals surface area contributed by atoms with Crippen LogP contribution in [0.4, 0.5) is 0 Å². The van der Waals surface area contributed by atoms with Crippen molar-refractivity contribution in [2.24, 2.45) is 0 Å². The fourth-order valence-electron chi connectivity index (χ4n) is 1.97. The molecule has 0 unspecified atom stereocenters. The van der Waals surface area contributed by atoms with Crippen LogP contribution in [-0.2, 0) is 0 Å². The minimum Gasteiger partial charge on any atom is -0.274 e. The summed E-state index contributed by atoms with van der Waals surface area (Å²) < 4.78 is 1.64. The number of imidazole rings is 1. The van der Waals surface area contributed by atoms with Gasteiger partial charge in [0.15, 0.2) is 0 Å². The van der Waals surface area contributed by atoms with Crippen molar-refractivity contribution in [1.29, 1.82) is 0 Å². The van der Waals surface area contributed by atoms with Gasteiger partial charge in [-0.3, -0.25) is 14.4 Å². The molecule has 1 N–H and O–H groups in total. The predicted octanol–water partition coefficient (Wildman–Crippen LogP) is 0.403. The van der Waals surface area contributed by atoms with Gasteiger partial charge in [-0.1, -0.05) is 0 Å². The topological polar surface area (TPSA) is 75.9 Å². The SMILES string of the molecule is O=C(c1cn(-c2ncccn2)cn1)N1CCCCN1. The highest BCUT2D eigenvalue weighted by Gasteiger charge is 2.20. The Kier molecular flexibility index (Phi) is 3.20. The van der Waals surface area contributed by atoms with E-state index in [0.717, 1.165) is 19.4 Å². The Morgan fingerprint density at radius 3 is 2.79 bits per heavy atom. The van der Waals surface area contributed by atoms with E-state index in [-0.39, 0.29) is 5.91 Å². The van der Waals surface area contributed by atoms with E-state index in [2.05, 4.69) is 20.4 Å². The quantitative estimate of drug-likeness (QED) is 0.844. The van der Waals surface area contributed by atoms with Gasteiger partial charge in [0.2, 0.25) is 5.95 Å². The summed E-state index contributed by atoms with van der Waals surface area (Å²) in [5, 5.41) is 1.61. The van der Waals surface area contributed by atoms with Crippen LogP contribution in [0.25, 0.3) is 5.95 Å². The molecule has 0 aliphatic carbocycles. The van der Waals surface area contributed by atoms with Gasteiger partial charge >= 0.3 is 0 Å². The smallest absolute Gasteiger partial charge is 0.274 e. The third kappa shape index (κ3) is 2.45. The molecule has 0 spiro atoms. The van der Waals surface area contributed by atoms with Gasteiger partial charge < -0.3 is 0 Å². The molecule has 2 aromatic rings. The van der Waals surface area contributed by atoms with Crippen LogP contribution in [-0.4, -0.2) is 43.5 Å². The standard InChI is InChI=1S/C12H14N6O/c19-11(18-7-2-1-6-16-18)10-8-17(9-15-10)12-13-4-3-5-14-12/h3-5,8-9,16H,1-2,6-7H2. The van der Waals surface area contributed by atoms with Gasteiger partial charge in [0.25, 0.3) is 5.91 Å². The largest absolute Gasteiger partial charge is 0.288 e. The number of hydrogen-bond donors (Lipinski definition) is 1. The molecule has 0 atom stereocenters. The summed E-state index contributed by atoms with van der Waals surface area (Å²) in [7, 11) is 0. The highest BCUT2D eigenvalue weighted by atomic mass is 16.2. The van der Waals surface area contributed by atoms with Crippen molar-refractivity contribution >= 4 is 5.91 Å². The lowest BCUT2D eigenvalue weighted by atomic mass is 10.2. The molecule has 1 aliphatic rings. The molecule has 0 bridgehead atoms. The molecule has 2 aromatic heterocycles. The summed E-state index contributed by atoms with van der Waals surface area (Å²) >= 11 is 0. The second kappa shape index (κ2) is 5.15. The Bertz CT molecular complexity index is 561. The van der Waals surface area contributed by atoms with Crippen LogP contribution in [0.5, 0.6) is 0 Å². The van der Waals surface area contributed by atoms with Crippen molar-refractivity contribution in [1.82, 2.24) is 30.0 Å². The summed E-state index contributed by atoms with van der Waals surface area (Å²) in [5.74, 6) is 0.384. The first-order valence-electron chi connectivity index (χ1n) is 6.21. The van der Waals surface area contributed by atoms with Crippen molar-refractivity contribution in [2.75, 3.05) is 13.1 Å². The fourth-order valence-corrected chi connectivity index (χ4v) is 1.97. The molecule has 1 aliphatic heterocycles. The van der Waals surface area contributed by atoms with Crippen LogP contribution < -0.4 is 5.43 Å². The number of hydrazine groups is 1. The van der Waals surface area contributed by atoms with E-state index < -0.39 is 0 Å². The molecular weight excluding hydrogens is 244 g/mol. The predicted molar refractivity (Wildman–Crippen MR) is 67.4 cm³/mol. The van der Waals surface area contributed by atoms with Crippen LogP contribution in [0.1, 0.15) is 23.3 Å². The number of rotatable bonds is 2. The van der Waals surface area contributed by atoms with Crippen LogP contribution in [0.3, 0.4) is 0 Å². The van der Waals surface area contributed by atoms with Gasteiger partial charge in [-0.25, -0.2) is 20.4 Å². The summed E-state index contributed by atoms with van der Waals surface area (Å²) in [6, 6.07) is 1.74. The van der Waals surface area contributed by atoms with Crippen molar-refractivity contribution in [3.8, 4) is 5.95 Å². The summed E-state index contributed by atoms with van der Waals surface area (Å²) in [6.45, 7) is 1.54. The molecule has 0 radical (unpaired) electrons. The molecule has 7 nitrogen and oxygen atoms in total. The number of nitrogens with zero attached hydrogens (tertiary/aromatic N) is 5. The van der Waals surface area contributed by atoms with Gasteiger partial charge in [-0.05, 0) is 18.9 Å². The van der Waals surface area contributed by atoms with Crippen molar-refractivity contribution in [2.45, 2.75) is 12.8 Å². The maximum atomic E-state index is 12.2. The summed E-state index contributed by atoms with van der Waals surface area (Å²) in [5.41, 5.74) is 3.46. The molecule has 0 saturated carbocycles. The monoisotopic (exact) mass is 258 g/mol. The maximum Gasteiger partial charge on any atom is 0.288 e. The van der Waals surface area contributed by atoms with E-state index in [1.165, 1.54) is 0 Å². The Labute approximate surface area is 110 Å². The summed E-state index contributed by atoms with van der Waals surface area (Å²) in [6.07, 6.45) is 8.60. The Morgan fingerprint density at radius 1 is 1.21 bits per heavy atom. The number of hydrogen-bond acceptors (Lipinski definition) is 5. The van der Waals surface area contributed by atoms with E-state index in [1.807, 2.05) is 0 Å². The highest BCUT2D eigenvalue weighted by molar-refractivity contribution is 5.91. The van der Waals surface area contributed by atoms with Crippen molar-refractivity contribution < 1.29 is 4.79 Å². The Morgan fingerprint density at radius 2 is 2.05 bits per heavy atom. The van der Waals surface area contributed by atoms with Crippen LogP contribution in [0.2, 0.25) is 0 Å². The Hall–Kier alpha value is -2.28. The second-order valence-electron chi connectivity index (χ2n) is 4.29. The first-order valence-corrected chi connectivity index (χ1v) is 6.21. The number of amides is 1. The molecule has 1 saturated heterocycles. The minimum atomic E-state index is -0.116. The molecule has 19 heavy (non-hydrogen) atoms. The molecule has 3 heterocycles. The number of carbonyl (C=O) groups excluding carboxylic acids is 1.